The highest BCUT2D eigenvalue weighted by atomic mass is 16.6. The monoisotopic (exact) mass is 399 g/mol. The van der Waals surface area contributed by atoms with Gasteiger partial charge in [0.2, 0.25) is 5.91 Å². The second kappa shape index (κ2) is 6.59. The number of carbonyl (C=O) groups is 2. The molecule has 5 atom stereocenters. The summed E-state index contributed by atoms with van der Waals surface area (Å²) in [5, 5.41) is 5.16. The van der Waals surface area contributed by atoms with Crippen LogP contribution in [0.4, 0.5) is 5.69 Å². The van der Waals surface area contributed by atoms with Gasteiger partial charge in [-0.3, -0.25) is 9.59 Å². The molecule has 3 aromatic carbocycles. The first-order valence-corrected chi connectivity index (χ1v) is 10.4. The Kier molecular flexibility index (Phi) is 3.85. The highest BCUT2D eigenvalue weighted by molar-refractivity contribution is 5.97. The van der Waals surface area contributed by atoms with Crippen LogP contribution in [0, 0.1) is 23.7 Å². The second-order valence-corrected chi connectivity index (χ2v) is 8.52. The van der Waals surface area contributed by atoms with Crippen molar-refractivity contribution in [1.29, 1.82) is 0 Å². The molecule has 1 N–H and O–H groups in total. The Balaban J connectivity index is 1.17. The molecule has 0 radical (unpaired) electrons. The summed E-state index contributed by atoms with van der Waals surface area (Å²) in [5.41, 5.74) is 0.705. The number of ether oxygens (including phenoxy) is 2. The van der Waals surface area contributed by atoms with E-state index in [-0.39, 0.29) is 41.7 Å². The quantitative estimate of drug-likeness (QED) is 0.642. The molecule has 1 amide bonds. The van der Waals surface area contributed by atoms with E-state index in [9.17, 15) is 9.59 Å². The van der Waals surface area contributed by atoms with Crippen molar-refractivity contribution in [2.75, 3.05) is 5.32 Å². The molecule has 1 heterocycles. The Morgan fingerprint density at radius 2 is 1.77 bits per heavy atom. The van der Waals surface area contributed by atoms with Gasteiger partial charge in [0.05, 0.1) is 11.8 Å². The maximum Gasteiger partial charge on any atom is 0.310 e. The lowest BCUT2D eigenvalue weighted by Crippen LogP contribution is -2.35. The van der Waals surface area contributed by atoms with E-state index in [1.54, 1.807) is 0 Å². The zero-order chi connectivity index (χ0) is 20.2. The molecule has 30 heavy (non-hydrogen) atoms. The summed E-state index contributed by atoms with van der Waals surface area (Å²) in [6.07, 6.45) is 1.79. The summed E-state index contributed by atoms with van der Waals surface area (Å²) in [5.74, 6) is 1.18. The Bertz CT molecular complexity index is 1150. The zero-order valence-corrected chi connectivity index (χ0v) is 16.3. The normalized spacial score (nSPS) is 28.5. The summed E-state index contributed by atoms with van der Waals surface area (Å²) >= 11 is 0. The minimum absolute atomic E-state index is 0.0436. The Morgan fingerprint density at radius 1 is 0.967 bits per heavy atom. The van der Waals surface area contributed by atoms with Crippen molar-refractivity contribution in [3.63, 3.8) is 0 Å². The predicted molar refractivity (Wildman–Crippen MR) is 112 cm³/mol. The summed E-state index contributed by atoms with van der Waals surface area (Å²) in [6, 6.07) is 21.4. The van der Waals surface area contributed by atoms with Crippen LogP contribution in [0.25, 0.3) is 10.8 Å². The average molecular weight is 399 g/mol. The summed E-state index contributed by atoms with van der Waals surface area (Å²) < 4.78 is 11.5. The second-order valence-electron chi connectivity index (χ2n) is 8.52. The Hall–Kier alpha value is -3.34. The molecular weight excluding hydrogens is 378 g/mol. The lowest BCUT2D eigenvalue weighted by atomic mass is 9.79. The average Bonchev–Trinajstić information content (AvgIpc) is 3.38. The molecule has 3 aromatic rings. The number of hydrogen-bond acceptors (Lipinski definition) is 4. The molecule has 1 aliphatic heterocycles. The molecule has 2 bridgehead atoms. The van der Waals surface area contributed by atoms with Gasteiger partial charge in [0.15, 0.2) is 0 Å². The van der Waals surface area contributed by atoms with E-state index in [2.05, 4.69) is 17.4 Å². The highest BCUT2D eigenvalue weighted by Gasteiger charge is 2.63. The van der Waals surface area contributed by atoms with Crippen LogP contribution in [-0.4, -0.2) is 18.0 Å². The lowest BCUT2D eigenvalue weighted by Gasteiger charge is -2.23. The van der Waals surface area contributed by atoms with E-state index in [1.807, 2.05) is 54.6 Å². The number of amides is 1. The van der Waals surface area contributed by atoms with E-state index in [0.29, 0.717) is 11.4 Å². The summed E-state index contributed by atoms with van der Waals surface area (Å²) in [7, 11) is 0. The molecule has 5 nitrogen and oxygen atoms in total. The largest absolute Gasteiger partial charge is 0.462 e. The number of hydrogen-bond donors (Lipinski definition) is 1. The summed E-state index contributed by atoms with van der Waals surface area (Å²) in [6.45, 7) is 0. The van der Waals surface area contributed by atoms with Gasteiger partial charge in [0, 0.05) is 17.0 Å². The predicted octanol–water partition coefficient (Wildman–Crippen LogP) is 4.77. The van der Waals surface area contributed by atoms with Gasteiger partial charge in [0.25, 0.3) is 0 Å². The van der Waals surface area contributed by atoms with Gasteiger partial charge in [-0.1, -0.05) is 36.4 Å². The van der Waals surface area contributed by atoms with Crippen LogP contribution in [0.2, 0.25) is 0 Å². The fourth-order valence-electron chi connectivity index (χ4n) is 5.61. The van der Waals surface area contributed by atoms with Gasteiger partial charge in [-0.25, -0.2) is 0 Å². The molecule has 0 spiro atoms. The molecular formula is C25H21NO4. The van der Waals surface area contributed by atoms with Crippen molar-refractivity contribution in [1.82, 2.24) is 0 Å². The van der Waals surface area contributed by atoms with Crippen LogP contribution in [0.5, 0.6) is 11.5 Å². The number of esters is 1. The van der Waals surface area contributed by atoms with Crippen molar-refractivity contribution in [2.24, 2.45) is 23.7 Å². The van der Waals surface area contributed by atoms with Crippen LogP contribution in [0.3, 0.4) is 0 Å². The third-order valence-electron chi connectivity index (χ3n) is 6.89. The molecule has 1 saturated heterocycles. The Labute approximate surface area is 174 Å². The number of carbonyl (C=O) groups excluding carboxylic acids is 2. The van der Waals surface area contributed by atoms with Gasteiger partial charge in [-0.2, -0.15) is 0 Å². The standard InChI is InChI=1S/C25H21NO4/c27-24(22-15-12-19-21(13-15)30-25(28)23(19)22)26-16-8-10-17(11-9-16)29-20-7-3-5-14-4-1-2-6-18(14)20/h1-11,15,19,21-23H,12-13H2,(H,26,27)/t15-,19+,21-,22-,23-/m1/s1. The molecule has 2 saturated carbocycles. The first-order valence-electron chi connectivity index (χ1n) is 10.4. The molecule has 5 heteroatoms. The molecule has 0 unspecified atom stereocenters. The van der Waals surface area contributed by atoms with Crippen molar-refractivity contribution in [2.45, 2.75) is 18.9 Å². The zero-order valence-electron chi connectivity index (χ0n) is 16.3. The smallest absolute Gasteiger partial charge is 0.310 e. The number of anilines is 1. The number of rotatable bonds is 4. The molecule has 6 rings (SSSR count). The van der Waals surface area contributed by atoms with Gasteiger partial charge < -0.3 is 14.8 Å². The van der Waals surface area contributed by atoms with Gasteiger partial charge in [-0.15, -0.1) is 0 Å². The fraction of sp³-hybridized carbons (Fsp3) is 0.280. The van der Waals surface area contributed by atoms with Crippen molar-refractivity contribution < 1.29 is 19.1 Å². The van der Waals surface area contributed by atoms with E-state index >= 15 is 0 Å². The molecule has 2 aliphatic carbocycles. The van der Waals surface area contributed by atoms with Crippen molar-refractivity contribution in [3.8, 4) is 11.5 Å². The van der Waals surface area contributed by atoms with E-state index in [4.69, 9.17) is 9.47 Å². The van der Waals surface area contributed by atoms with Crippen LogP contribution in [0.1, 0.15) is 12.8 Å². The molecule has 150 valence electrons. The van der Waals surface area contributed by atoms with Crippen LogP contribution >= 0.6 is 0 Å². The van der Waals surface area contributed by atoms with Crippen LogP contribution < -0.4 is 10.1 Å². The highest BCUT2D eigenvalue weighted by Crippen LogP contribution is 2.57. The van der Waals surface area contributed by atoms with Gasteiger partial charge >= 0.3 is 5.97 Å². The van der Waals surface area contributed by atoms with E-state index in [0.717, 1.165) is 29.4 Å². The Morgan fingerprint density at radius 3 is 2.63 bits per heavy atom. The van der Waals surface area contributed by atoms with E-state index in [1.165, 1.54) is 0 Å². The van der Waals surface area contributed by atoms with Gasteiger partial charge in [0.1, 0.15) is 17.6 Å². The van der Waals surface area contributed by atoms with Crippen LogP contribution in [-0.2, 0) is 14.3 Å². The molecule has 3 aliphatic rings. The van der Waals surface area contributed by atoms with Crippen LogP contribution in [0.15, 0.2) is 66.7 Å². The number of nitrogens with one attached hydrogen (secondary N) is 1. The maximum absolute atomic E-state index is 12.9. The minimum Gasteiger partial charge on any atom is -0.462 e. The third-order valence-corrected chi connectivity index (χ3v) is 6.89. The number of fused-ring (bicyclic) bond motifs is 2. The number of benzene rings is 3. The first-order chi connectivity index (χ1) is 14.7. The minimum atomic E-state index is -0.271. The van der Waals surface area contributed by atoms with E-state index < -0.39 is 0 Å². The van der Waals surface area contributed by atoms with Crippen molar-refractivity contribution >= 4 is 28.3 Å². The lowest BCUT2D eigenvalue weighted by molar-refractivity contribution is -0.145. The van der Waals surface area contributed by atoms with Crippen molar-refractivity contribution in [3.05, 3.63) is 66.7 Å². The fourth-order valence-corrected chi connectivity index (χ4v) is 5.61. The molecule has 3 fully saturated rings. The van der Waals surface area contributed by atoms with Gasteiger partial charge in [-0.05, 0) is 54.5 Å². The molecule has 0 aromatic heterocycles. The SMILES string of the molecule is O=C(Nc1ccc(Oc2cccc3ccccc23)cc1)[C@@H]1[C@@H]2C[C@@H]3[C@H]1C(=O)O[C@@H]3C2. The summed E-state index contributed by atoms with van der Waals surface area (Å²) in [4.78, 5) is 25.1. The first kappa shape index (κ1) is 17.5. The third kappa shape index (κ3) is 2.69. The maximum atomic E-state index is 12.9. The topological polar surface area (TPSA) is 64.6 Å².